The predicted molar refractivity (Wildman–Crippen MR) is 66.9 cm³/mol. The Hall–Kier alpha value is -0.610. The Morgan fingerprint density at radius 1 is 1.41 bits per heavy atom. The largest absolute Gasteiger partial charge is 0.481 e. The Bertz CT molecular complexity index is 268. The van der Waals surface area contributed by atoms with Gasteiger partial charge >= 0.3 is 5.97 Å². The molecule has 0 amide bonds. The minimum Gasteiger partial charge on any atom is -0.481 e. The summed E-state index contributed by atoms with van der Waals surface area (Å²) in [5.74, 6) is -0.0915. The summed E-state index contributed by atoms with van der Waals surface area (Å²) in [6.07, 6.45) is 4.06. The number of carboxylic acid groups (broad SMARTS) is 1. The number of carbonyl (C=O) groups is 1. The maximum Gasteiger partial charge on any atom is 0.310 e. The third-order valence-electron chi connectivity index (χ3n) is 4.02. The summed E-state index contributed by atoms with van der Waals surface area (Å²) in [6.45, 7) is 6.13. The lowest BCUT2D eigenvalue weighted by Crippen LogP contribution is -2.54. The molecule has 1 rings (SSSR count). The second-order valence-corrected chi connectivity index (χ2v) is 6.16. The molecule has 0 bridgehead atoms. The van der Waals surface area contributed by atoms with Crippen LogP contribution in [0.15, 0.2) is 0 Å². The van der Waals surface area contributed by atoms with Crippen LogP contribution in [0.25, 0.3) is 0 Å². The van der Waals surface area contributed by atoms with E-state index in [1.165, 1.54) is 0 Å². The Morgan fingerprint density at radius 3 is 2.35 bits per heavy atom. The summed E-state index contributed by atoms with van der Waals surface area (Å²) in [6, 6.07) is 0. The lowest BCUT2D eigenvalue weighted by molar-refractivity contribution is -0.147. The Morgan fingerprint density at radius 2 is 1.94 bits per heavy atom. The number of hydrogen-bond donors (Lipinski definition) is 3. The topological polar surface area (TPSA) is 69.6 Å². The molecule has 0 heterocycles. The minimum absolute atomic E-state index is 0.0927. The maximum atomic E-state index is 11.0. The Kier molecular flexibility index (Phi) is 4.55. The molecule has 3 N–H and O–H groups in total. The first-order chi connectivity index (χ1) is 7.81. The fraction of sp³-hybridized carbons (Fsp3) is 0.923. The van der Waals surface area contributed by atoms with Crippen LogP contribution in [0.4, 0.5) is 0 Å². The van der Waals surface area contributed by atoms with Crippen LogP contribution in [-0.2, 0) is 4.79 Å². The zero-order valence-electron chi connectivity index (χ0n) is 11.1. The van der Waals surface area contributed by atoms with Gasteiger partial charge in [0.2, 0.25) is 0 Å². The van der Waals surface area contributed by atoms with Crippen LogP contribution >= 0.6 is 0 Å². The van der Waals surface area contributed by atoms with E-state index in [4.69, 9.17) is 5.11 Å². The molecule has 0 aliphatic heterocycles. The number of hydrogen-bond acceptors (Lipinski definition) is 3. The van der Waals surface area contributed by atoms with E-state index in [1.807, 2.05) is 0 Å². The summed E-state index contributed by atoms with van der Waals surface area (Å²) < 4.78 is 0. The highest BCUT2D eigenvalue weighted by Crippen LogP contribution is 2.32. The molecule has 1 saturated carbocycles. The Labute approximate surface area is 103 Å². The zero-order chi connectivity index (χ0) is 13.1. The van der Waals surface area contributed by atoms with Crippen molar-refractivity contribution >= 4 is 5.97 Å². The molecule has 0 unspecified atom stereocenters. The van der Waals surface area contributed by atoms with Crippen LogP contribution in [0.5, 0.6) is 0 Å². The first-order valence-electron chi connectivity index (χ1n) is 6.41. The fourth-order valence-electron chi connectivity index (χ4n) is 2.19. The van der Waals surface area contributed by atoms with E-state index in [-0.39, 0.29) is 12.1 Å². The van der Waals surface area contributed by atoms with Crippen molar-refractivity contribution < 1.29 is 15.0 Å². The quantitative estimate of drug-likeness (QED) is 0.686. The maximum absolute atomic E-state index is 11.0. The molecule has 4 heteroatoms. The average Bonchev–Trinajstić information content (AvgIpc) is 2.29. The molecule has 100 valence electrons. The molecule has 0 radical (unpaired) electrons. The van der Waals surface area contributed by atoms with Gasteiger partial charge in [0.25, 0.3) is 0 Å². The smallest absolute Gasteiger partial charge is 0.310 e. The van der Waals surface area contributed by atoms with Crippen LogP contribution < -0.4 is 5.32 Å². The number of rotatable bonds is 5. The van der Waals surface area contributed by atoms with Crippen LogP contribution in [0.1, 0.15) is 46.5 Å². The normalized spacial score (nSPS) is 30.2. The first kappa shape index (κ1) is 14.5. The fourth-order valence-corrected chi connectivity index (χ4v) is 2.19. The van der Waals surface area contributed by atoms with Crippen molar-refractivity contribution in [2.75, 3.05) is 13.2 Å². The van der Waals surface area contributed by atoms with Crippen LogP contribution in [-0.4, -0.2) is 34.9 Å². The molecule has 4 nitrogen and oxygen atoms in total. The van der Waals surface area contributed by atoms with Crippen molar-refractivity contribution in [2.45, 2.75) is 52.0 Å². The minimum atomic E-state index is -0.803. The molecule has 0 aromatic rings. The Balaban J connectivity index is 2.56. The van der Waals surface area contributed by atoms with Gasteiger partial charge in [-0.1, -0.05) is 6.92 Å². The van der Waals surface area contributed by atoms with Gasteiger partial charge in [-0.15, -0.1) is 0 Å². The lowest BCUT2D eigenvalue weighted by atomic mass is 9.77. The van der Waals surface area contributed by atoms with E-state index in [0.717, 1.165) is 25.7 Å². The molecule has 1 aliphatic carbocycles. The van der Waals surface area contributed by atoms with Gasteiger partial charge in [-0.05, 0) is 45.4 Å². The van der Waals surface area contributed by atoms with Gasteiger partial charge in [-0.25, -0.2) is 0 Å². The van der Waals surface area contributed by atoms with E-state index in [9.17, 15) is 9.90 Å². The van der Waals surface area contributed by atoms with Gasteiger partial charge in [0.05, 0.1) is 12.0 Å². The van der Waals surface area contributed by atoms with Gasteiger partial charge < -0.3 is 15.5 Å². The van der Waals surface area contributed by atoms with Crippen molar-refractivity contribution in [3.63, 3.8) is 0 Å². The van der Waals surface area contributed by atoms with Crippen LogP contribution in [0.3, 0.4) is 0 Å². The predicted octanol–water partition coefficient (Wildman–Crippen LogP) is 1.63. The highest BCUT2D eigenvalue weighted by atomic mass is 16.4. The number of aliphatic hydroxyl groups is 1. The van der Waals surface area contributed by atoms with Crippen molar-refractivity contribution in [2.24, 2.45) is 11.3 Å². The van der Waals surface area contributed by atoms with E-state index in [2.05, 4.69) is 12.2 Å². The highest BCUT2D eigenvalue weighted by Gasteiger charge is 2.36. The summed E-state index contributed by atoms with van der Waals surface area (Å²) in [5, 5.41) is 21.9. The second-order valence-electron chi connectivity index (χ2n) is 6.16. The monoisotopic (exact) mass is 243 g/mol. The molecule has 0 spiro atoms. The molecular weight excluding hydrogens is 218 g/mol. The van der Waals surface area contributed by atoms with Crippen molar-refractivity contribution in [1.82, 2.24) is 5.32 Å². The van der Waals surface area contributed by atoms with Crippen molar-refractivity contribution in [3.05, 3.63) is 0 Å². The molecule has 0 aromatic heterocycles. The summed E-state index contributed by atoms with van der Waals surface area (Å²) >= 11 is 0. The van der Waals surface area contributed by atoms with Crippen LogP contribution in [0, 0.1) is 11.3 Å². The highest BCUT2D eigenvalue weighted by molar-refractivity contribution is 5.73. The number of aliphatic carboxylic acids is 1. The van der Waals surface area contributed by atoms with Gasteiger partial charge in [0, 0.05) is 12.1 Å². The van der Waals surface area contributed by atoms with Crippen molar-refractivity contribution in [1.29, 1.82) is 0 Å². The average molecular weight is 243 g/mol. The van der Waals surface area contributed by atoms with E-state index in [1.54, 1.807) is 13.8 Å². The lowest BCUT2D eigenvalue weighted by Gasteiger charge is -2.40. The standard InChI is InChI=1S/C13H25NO3/c1-10-4-6-13(9-15,7-5-10)14-8-12(2,3)11(16)17/h10,14-15H,4-9H2,1-3H3,(H,16,17). The zero-order valence-corrected chi connectivity index (χ0v) is 11.1. The third-order valence-corrected chi connectivity index (χ3v) is 4.02. The summed E-state index contributed by atoms with van der Waals surface area (Å²) in [7, 11) is 0. The van der Waals surface area contributed by atoms with E-state index in [0.29, 0.717) is 12.5 Å². The summed E-state index contributed by atoms with van der Waals surface area (Å²) in [5.41, 5.74) is -1.05. The van der Waals surface area contributed by atoms with Gasteiger partial charge in [0.1, 0.15) is 0 Å². The van der Waals surface area contributed by atoms with Crippen LogP contribution in [0.2, 0.25) is 0 Å². The molecule has 1 aliphatic rings. The van der Waals surface area contributed by atoms with Gasteiger partial charge in [-0.2, -0.15) is 0 Å². The number of aliphatic hydroxyl groups excluding tert-OH is 1. The van der Waals surface area contributed by atoms with Gasteiger partial charge in [-0.3, -0.25) is 4.79 Å². The molecule has 1 fully saturated rings. The van der Waals surface area contributed by atoms with E-state index < -0.39 is 11.4 Å². The van der Waals surface area contributed by atoms with Gasteiger partial charge in [0.15, 0.2) is 0 Å². The first-order valence-corrected chi connectivity index (χ1v) is 6.41. The molecule has 17 heavy (non-hydrogen) atoms. The van der Waals surface area contributed by atoms with E-state index >= 15 is 0 Å². The molecule has 0 saturated heterocycles. The number of nitrogens with one attached hydrogen (secondary N) is 1. The number of carboxylic acids is 1. The SMILES string of the molecule is CC1CCC(CO)(NCC(C)(C)C(=O)O)CC1. The summed E-state index contributed by atoms with van der Waals surface area (Å²) in [4.78, 5) is 11.0. The molecule has 0 aromatic carbocycles. The van der Waals surface area contributed by atoms with Crippen molar-refractivity contribution in [3.8, 4) is 0 Å². The molecule has 0 atom stereocenters. The second kappa shape index (κ2) is 5.36. The third kappa shape index (κ3) is 3.68. The molecular formula is C13H25NO3.